The molecule has 1 aliphatic carbocycles. The van der Waals surface area contributed by atoms with Crippen LogP contribution in [0.25, 0.3) is 16.9 Å². The second-order valence-corrected chi connectivity index (χ2v) is 7.84. The number of thioether (sulfide) groups is 1. The highest BCUT2D eigenvalue weighted by molar-refractivity contribution is 7.99. The van der Waals surface area contributed by atoms with Crippen molar-refractivity contribution in [3.8, 4) is 17.1 Å². The zero-order valence-corrected chi connectivity index (χ0v) is 15.3. The molecule has 0 saturated heterocycles. The van der Waals surface area contributed by atoms with Crippen molar-refractivity contribution in [2.45, 2.75) is 37.5 Å². The number of hydrogen-bond acceptors (Lipinski definition) is 4. The highest BCUT2D eigenvalue weighted by atomic mass is 32.2. The normalized spacial score (nSPS) is 15.1. The van der Waals surface area contributed by atoms with Crippen LogP contribution in [-0.4, -0.2) is 27.0 Å². The maximum absolute atomic E-state index is 5.95. The molecular formula is C20H23N3OS. The maximum Gasteiger partial charge on any atom is 0.231 e. The van der Waals surface area contributed by atoms with Crippen molar-refractivity contribution in [3.05, 3.63) is 42.6 Å². The zero-order valence-electron chi connectivity index (χ0n) is 14.5. The summed E-state index contributed by atoms with van der Waals surface area (Å²) >= 11 is 1.85. The lowest BCUT2D eigenvalue weighted by atomic mass is 10.1. The Hall–Kier alpha value is -2.01. The Morgan fingerprint density at radius 2 is 1.92 bits per heavy atom. The van der Waals surface area contributed by atoms with Crippen molar-refractivity contribution in [3.63, 3.8) is 0 Å². The molecule has 0 aliphatic heterocycles. The Morgan fingerprint density at radius 1 is 1.12 bits per heavy atom. The van der Waals surface area contributed by atoms with Crippen LogP contribution in [-0.2, 0) is 0 Å². The second kappa shape index (κ2) is 7.48. The molecule has 4 rings (SSSR count). The maximum atomic E-state index is 5.95. The van der Waals surface area contributed by atoms with E-state index < -0.39 is 0 Å². The fourth-order valence-corrected chi connectivity index (χ4v) is 4.06. The van der Waals surface area contributed by atoms with E-state index in [4.69, 9.17) is 4.74 Å². The van der Waals surface area contributed by atoms with E-state index >= 15 is 0 Å². The quantitative estimate of drug-likeness (QED) is 0.580. The number of hydrogen-bond donors (Lipinski definition) is 0. The number of imidazole rings is 1. The minimum absolute atomic E-state index is 0.678. The molecule has 130 valence electrons. The average molecular weight is 353 g/mol. The smallest absolute Gasteiger partial charge is 0.231 e. The van der Waals surface area contributed by atoms with Gasteiger partial charge in [0.05, 0.1) is 18.5 Å². The minimum Gasteiger partial charge on any atom is -0.476 e. The fourth-order valence-electron chi connectivity index (χ4n) is 3.40. The van der Waals surface area contributed by atoms with Gasteiger partial charge in [-0.25, -0.2) is 9.50 Å². The number of benzene rings is 1. The molecular weight excluding hydrogens is 330 g/mol. The molecule has 3 aromatic rings. The lowest BCUT2D eigenvalue weighted by Crippen LogP contribution is -2.10. The van der Waals surface area contributed by atoms with Crippen LogP contribution >= 0.6 is 11.8 Å². The van der Waals surface area contributed by atoms with Gasteiger partial charge in [-0.15, -0.1) is 16.9 Å². The standard InChI is InChI=1S/C20H23N3OS/c1-2-25-17-9-7-16(8-10-17)18-13-21-19-11-12-20(22-23(18)19)24-14-15-5-3-4-6-15/h7-13,15H,2-6,14H2,1H3. The van der Waals surface area contributed by atoms with Crippen LogP contribution in [0.3, 0.4) is 0 Å². The molecule has 0 bridgehead atoms. The van der Waals surface area contributed by atoms with Gasteiger partial charge in [0.25, 0.3) is 0 Å². The van der Waals surface area contributed by atoms with Crippen LogP contribution in [0.4, 0.5) is 0 Å². The van der Waals surface area contributed by atoms with Gasteiger partial charge < -0.3 is 4.74 Å². The molecule has 1 fully saturated rings. The number of nitrogens with zero attached hydrogens (tertiary/aromatic N) is 3. The molecule has 4 nitrogen and oxygen atoms in total. The van der Waals surface area contributed by atoms with Crippen molar-refractivity contribution in [1.82, 2.24) is 14.6 Å². The Balaban J connectivity index is 1.57. The van der Waals surface area contributed by atoms with Gasteiger partial charge in [0, 0.05) is 16.5 Å². The van der Waals surface area contributed by atoms with Gasteiger partial charge in [-0.1, -0.05) is 31.9 Å². The first-order valence-corrected chi connectivity index (χ1v) is 10.0. The van der Waals surface area contributed by atoms with E-state index in [0.717, 1.165) is 29.3 Å². The van der Waals surface area contributed by atoms with Gasteiger partial charge in [0.2, 0.25) is 5.88 Å². The topological polar surface area (TPSA) is 39.4 Å². The summed E-state index contributed by atoms with van der Waals surface area (Å²) in [5.41, 5.74) is 2.96. The predicted octanol–water partition coefficient (Wildman–Crippen LogP) is 5.08. The molecule has 1 aromatic carbocycles. The van der Waals surface area contributed by atoms with Crippen LogP contribution in [0, 0.1) is 5.92 Å². The zero-order chi connectivity index (χ0) is 17.1. The van der Waals surface area contributed by atoms with E-state index in [0.29, 0.717) is 11.8 Å². The summed E-state index contributed by atoms with van der Waals surface area (Å²) in [5.74, 6) is 2.44. The molecule has 5 heteroatoms. The minimum atomic E-state index is 0.678. The van der Waals surface area contributed by atoms with Gasteiger partial charge in [0.1, 0.15) is 0 Å². The molecule has 2 heterocycles. The first-order chi connectivity index (χ1) is 12.3. The molecule has 0 radical (unpaired) electrons. The highest BCUT2D eigenvalue weighted by Gasteiger charge is 2.16. The highest BCUT2D eigenvalue weighted by Crippen LogP contribution is 2.27. The molecule has 2 aromatic heterocycles. The third-order valence-corrected chi connectivity index (χ3v) is 5.63. The van der Waals surface area contributed by atoms with Crippen molar-refractivity contribution < 1.29 is 4.74 Å². The van der Waals surface area contributed by atoms with Crippen LogP contribution in [0.5, 0.6) is 5.88 Å². The Bertz CT molecular complexity index is 838. The summed E-state index contributed by atoms with van der Waals surface area (Å²) in [6, 6.07) is 12.5. The van der Waals surface area contributed by atoms with Crippen LogP contribution in [0.1, 0.15) is 32.6 Å². The van der Waals surface area contributed by atoms with E-state index in [-0.39, 0.29) is 0 Å². The van der Waals surface area contributed by atoms with Crippen molar-refractivity contribution in [1.29, 1.82) is 0 Å². The summed E-state index contributed by atoms with van der Waals surface area (Å²) in [5, 5.41) is 4.66. The molecule has 0 amide bonds. The second-order valence-electron chi connectivity index (χ2n) is 6.50. The lowest BCUT2D eigenvalue weighted by molar-refractivity contribution is 0.240. The predicted molar refractivity (Wildman–Crippen MR) is 102 cm³/mol. The van der Waals surface area contributed by atoms with Gasteiger partial charge in [-0.2, -0.15) is 0 Å². The third-order valence-electron chi connectivity index (χ3n) is 4.74. The number of fused-ring (bicyclic) bond motifs is 1. The SMILES string of the molecule is CCSc1ccc(-c2cnc3ccc(OCC4CCCC4)nn23)cc1. The molecule has 0 atom stereocenters. The van der Waals surface area contributed by atoms with E-state index in [2.05, 4.69) is 41.3 Å². The van der Waals surface area contributed by atoms with Gasteiger partial charge >= 0.3 is 0 Å². The van der Waals surface area contributed by atoms with Crippen LogP contribution < -0.4 is 4.74 Å². The average Bonchev–Trinajstić information content (AvgIpc) is 3.30. The number of ether oxygens (including phenoxy) is 1. The molecule has 0 N–H and O–H groups in total. The summed E-state index contributed by atoms with van der Waals surface area (Å²) in [4.78, 5) is 5.76. The first kappa shape index (κ1) is 16.5. The molecule has 25 heavy (non-hydrogen) atoms. The first-order valence-electron chi connectivity index (χ1n) is 9.04. The Labute approximate surface area is 152 Å². The fraction of sp³-hybridized carbons (Fsp3) is 0.400. The van der Waals surface area contributed by atoms with Gasteiger partial charge in [0.15, 0.2) is 5.65 Å². The van der Waals surface area contributed by atoms with Crippen LogP contribution in [0.15, 0.2) is 47.5 Å². The van der Waals surface area contributed by atoms with E-state index in [1.54, 1.807) is 0 Å². The van der Waals surface area contributed by atoms with E-state index in [1.165, 1.54) is 30.6 Å². The summed E-state index contributed by atoms with van der Waals surface area (Å²) in [6.07, 6.45) is 7.10. The molecule has 0 spiro atoms. The third kappa shape index (κ3) is 3.66. The largest absolute Gasteiger partial charge is 0.476 e. The Morgan fingerprint density at radius 3 is 2.68 bits per heavy atom. The number of aromatic nitrogens is 3. The summed E-state index contributed by atoms with van der Waals surface area (Å²) in [6.45, 7) is 2.94. The lowest BCUT2D eigenvalue weighted by Gasteiger charge is -2.11. The van der Waals surface area contributed by atoms with Crippen LogP contribution in [0.2, 0.25) is 0 Å². The summed E-state index contributed by atoms with van der Waals surface area (Å²) < 4.78 is 7.83. The van der Waals surface area contributed by atoms with Gasteiger partial charge in [-0.05, 0) is 42.7 Å². The molecule has 0 unspecified atom stereocenters. The van der Waals surface area contributed by atoms with E-state index in [1.807, 2.05) is 34.6 Å². The molecule has 1 saturated carbocycles. The summed E-state index contributed by atoms with van der Waals surface area (Å²) in [7, 11) is 0. The van der Waals surface area contributed by atoms with Gasteiger partial charge in [-0.3, -0.25) is 0 Å². The van der Waals surface area contributed by atoms with Crippen molar-refractivity contribution in [2.75, 3.05) is 12.4 Å². The van der Waals surface area contributed by atoms with Crippen molar-refractivity contribution >= 4 is 17.4 Å². The molecule has 1 aliphatic rings. The van der Waals surface area contributed by atoms with Crippen molar-refractivity contribution in [2.24, 2.45) is 5.92 Å². The van der Waals surface area contributed by atoms with E-state index in [9.17, 15) is 0 Å². The number of rotatable bonds is 6. The monoisotopic (exact) mass is 353 g/mol. The Kier molecular flexibility index (Phi) is 4.92.